The van der Waals surface area contributed by atoms with E-state index in [4.69, 9.17) is 0 Å². The average molecular weight is 184 g/mol. The van der Waals surface area contributed by atoms with Crippen LogP contribution in [0.5, 0.6) is 0 Å². The molecule has 0 aromatic carbocycles. The predicted molar refractivity (Wildman–Crippen MR) is 54.5 cm³/mol. The Morgan fingerprint density at radius 2 is 2.00 bits per heavy atom. The third-order valence-electron chi connectivity index (χ3n) is 2.02. The van der Waals surface area contributed by atoms with Gasteiger partial charge < -0.3 is 4.74 Å². The van der Waals surface area contributed by atoms with E-state index in [1.807, 2.05) is 6.08 Å². The molecule has 0 aliphatic rings. The number of carbonyl (C=O) groups is 1. The van der Waals surface area contributed by atoms with E-state index in [0.29, 0.717) is 0 Å². The molecule has 0 amide bonds. The molecule has 0 radical (unpaired) electrons. The van der Waals surface area contributed by atoms with Gasteiger partial charge in [-0.2, -0.15) is 0 Å². The minimum atomic E-state index is -0.213. The van der Waals surface area contributed by atoms with Crippen LogP contribution in [0.25, 0.3) is 0 Å². The summed E-state index contributed by atoms with van der Waals surface area (Å²) in [4.78, 5) is 10.9. The van der Waals surface area contributed by atoms with Gasteiger partial charge in [-0.05, 0) is 19.8 Å². The van der Waals surface area contributed by atoms with Crippen LogP contribution < -0.4 is 0 Å². The summed E-state index contributed by atoms with van der Waals surface area (Å²) in [6.07, 6.45) is 7.90. The molecule has 0 aliphatic heterocycles. The first-order valence-corrected chi connectivity index (χ1v) is 4.97. The standard InChI is InChI=1S/C11H20O2/c1-4-5-6-7-8-9-10(2)11(12)13-3/h9H,4-8H2,1-3H3/b10-9-. The minimum absolute atomic E-state index is 0.213. The van der Waals surface area contributed by atoms with Crippen LogP contribution in [0.4, 0.5) is 0 Å². The summed E-state index contributed by atoms with van der Waals surface area (Å²) in [7, 11) is 1.41. The molecule has 13 heavy (non-hydrogen) atoms. The van der Waals surface area contributed by atoms with Gasteiger partial charge in [-0.3, -0.25) is 0 Å². The summed E-state index contributed by atoms with van der Waals surface area (Å²) in [5, 5.41) is 0. The van der Waals surface area contributed by atoms with E-state index in [-0.39, 0.29) is 5.97 Å². The molecule has 0 saturated carbocycles. The lowest BCUT2D eigenvalue weighted by Gasteiger charge is -1.98. The van der Waals surface area contributed by atoms with Crippen molar-refractivity contribution in [2.75, 3.05) is 7.11 Å². The van der Waals surface area contributed by atoms with Crippen molar-refractivity contribution in [2.45, 2.75) is 46.0 Å². The van der Waals surface area contributed by atoms with Crippen molar-refractivity contribution in [1.29, 1.82) is 0 Å². The lowest BCUT2D eigenvalue weighted by atomic mass is 10.1. The highest BCUT2D eigenvalue weighted by Crippen LogP contribution is 2.05. The molecule has 0 saturated heterocycles. The third kappa shape index (κ3) is 6.38. The molecule has 0 N–H and O–H groups in total. The maximum Gasteiger partial charge on any atom is 0.333 e. The number of esters is 1. The first kappa shape index (κ1) is 12.2. The second kappa shape index (κ2) is 7.84. The van der Waals surface area contributed by atoms with Gasteiger partial charge in [0, 0.05) is 5.57 Å². The Bertz CT molecular complexity index is 171. The number of unbranched alkanes of at least 4 members (excludes halogenated alkanes) is 4. The van der Waals surface area contributed by atoms with Crippen LogP contribution in [-0.2, 0) is 9.53 Å². The number of ether oxygens (including phenoxy) is 1. The van der Waals surface area contributed by atoms with Crippen molar-refractivity contribution in [3.63, 3.8) is 0 Å². The Hall–Kier alpha value is -0.790. The van der Waals surface area contributed by atoms with E-state index in [9.17, 15) is 4.79 Å². The van der Waals surface area contributed by atoms with Gasteiger partial charge in [0.1, 0.15) is 0 Å². The maximum absolute atomic E-state index is 10.9. The summed E-state index contributed by atoms with van der Waals surface area (Å²) < 4.78 is 4.58. The Morgan fingerprint density at radius 1 is 1.31 bits per heavy atom. The Kier molecular flexibility index (Phi) is 7.36. The molecule has 0 aliphatic carbocycles. The topological polar surface area (TPSA) is 26.3 Å². The Balaban J connectivity index is 3.53. The van der Waals surface area contributed by atoms with Gasteiger partial charge in [-0.25, -0.2) is 4.79 Å². The molecule has 0 heterocycles. The zero-order chi connectivity index (χ0) is 10.1. The van der Waals surface area contributed by atoms with Crippen LogP contribution in [0.15, 0.2) is 11.6 Å². The van der Waals surface area contributed by atoms with E-state index in [2.05, 4.69) is 11.7 Å². The third-order valence-corrected chi connectivity index (χ3v) is 2.02. The number of methoxy groups -OCH3 is 1. The molecule has 0 spiro atoms. The fourth-order valence-corrected chi connectivity index (χ4v) is 1.13. The van der Waals surface area contributed by atoms with Crippen LogP contribution in [-0.4, -0.2) is 13.1 Å². The number of hydrogen-bond acceptors (Lipinski definition) is 2. The van der Waals surface area contributed by atoms with E-state index in [1.165, 1.54) is 32.8 Å². The summed E-state index contributed by atoms with van der Waals surface area (Å²) in [5.74, 6) is -0.213. The normalized spacial score (nSPS) is 11.5. The highest BCUT2D eigenvalue weighted by atomic mass is 16.5. The quantitative estimate of drug-likeness (QED) is 0.360. The number of carbonyl (C=O) groups excluding carboxylic acids is 1. The minimum Gasteiger partial charge on any atom is -0.466 e. The van der Waals surface area contributed by atoms with Crippen molar-refractivity contribution < 1.29 is 9.53 Å². The molecule has 0 aromatic heterocycles. The maximum atomic E-state index is 10.9. The summed E-state index contributed by atoms with van der Waals surface area (Å²) in [5.41, 5.74) is 0.721. The van der Waals surface area contributed by atoms with Crippen LogP contribution in [0.2, 0.25) is 0 Å². The van der Waals surface area contributed by atoms with E-state index >= 15 is 0 Å². The summed E-state index contributed by atoms with van der Waals surface area (Å²) in [6.45, 7) is 3.99. The smallest absolute Gasteiger partial charge is 0.333 e. The van der Waals surface area contributed by atoms with Crippen molar-refractivity contribution in [2.24, 2.45) is 0 Å². The lowest BCUT2D eigenvalue weighted by Crippen LogP contribution is -2.01. The molecular formula is C11H20O2. The molecule has 0 fully saturated rings. The first-order valence-electron chi connectivity index (χ1n) is 4.97. The molecule has 0 aromatic rings. The van der Waals surface area contributed by atoms with E-state index in [1.54, 1.807) is 6.92 Å². The molecular weight excluding hydrogens is 164 g/mol. The van der Waals surface area contributed by atoms with Gasteiger partial charge in [0.25, 0.3) is 0 Å². The fraction of sp³-hybridized carbons (Fsp3) is 0.727. The Morgan fingerprint density at radius 3 is 2.54 bits per heavy atom. The van der Waals surface area contributed by atoms with Crippen LogP contribution >= 0.6 is 0 Å². The number of hydrogen-bond donors (Lipinski definition) is 0. The van der Waals surface area contributed by atoms with Gasteiger partial charge >= 0.3 is 5.97 Å². The average Bonchev–Trinajstić information content (AvgIpc) is 2.16. The van der Waals surface area contributed by atoms with Crippen LogP contribution in [0, 0.1) is 0 Å². The molecule has 0 rings (SSSR count). The molecule has 2 nitrogen and oxygen atoms in total. The highest BCUT2D eigenvalue weighted by molar-refractivity contribution is 5.87. The highest BCUT2D eigenvalue weighted by Gasteiger charge is 2.00. The van der Waals surface area contributed by atoms with Crippen molar-refractivity contribution >= 4 is 5.97 Å². The largest absolute Gasteiger partial charge is 0.466 e. The number of allylic oxidation sites excluding steroid dienone is 1. The lowest BCUT2D eigenvalue weighted by molar-refractivity contribution is -0.136. The zero-order valence-corrected chi connectivity index (χ0v) is 8.93. The summed E-state index contributed by atoms with van der Waals surface area (Å²) in [6, 6.07) is 0. The number of rotatable bonds is 6. The van der Waals surface area contributed by atoms with Crippen molar-refractivity contribution in [3.8, 4) is 0 Å². The summed E-state index contributed by atoms with van der Waals surface area (Å²) >= 11 is 0. The van der Waals surface area contributed by atoms with Gasteiger partial charge in [0.15, 0.2) is 0 Å². The van der Waals surface area contributed by atoms with Gasteiger partial charge in [-0.15, -0.1) is 0 Å². The van der Waals surface area contributed by atoms with Crippen LogP contribution in [0.1, 0.15) is 46.0 Å². The molecule has 0 bridgehead atoms. The predicted octanol–water partition coefficient (Wildman–Crippen LogP) is 3.08. The fourth-order valence-electron chi connectivity index (χ4n) is 1.13. The van der Waals surface area contributed by atoms with E-state index in [0.717, 1.165) is 12.0 Å². The Labute approximate surface area is 81.0 Å². The zero-order valence-electron chi connectivity index (χ0n) is 8.93. The molecule has 0 unspecified atom stereocenters. The van der Waals surface area contributed by atoms with E-state index < -0.39 is 0 Å². The SMILES string of the molecule is CCCCCC/C=C(/C)C(=O)OC. The van der Waals surface area contributed by atoms with Gasteiger partial charge in [0.2, 0.25) is 0 Å². The van der Waals surface area contributed by atoms with Gasteiger partial charge in [-0.1, -0.05) is 32.3 Å². The molecule has 2 heteroatoms. The molecule has 0 atom stereocenters. The monoisotopic (exact) mass is 184 g/mol. The first-order chi connectivity index (χ1) is 6.22. The van der Waals surface area contributed by atoms with Crippen molar-refractivity contribution in [3.05, 3.63) is 11.6 Å². The second-order valence-corrected chi connectivity index (χ2v) is 3.23. The van der Waals surface area contributed by atoms with Gasteiger partial charge in [0.05, 0.1) is 7.11 Å². The second-order valence-electron chi connectivity index (χ2n) is 3.23. The molecule has 76 valence electrons. The van der Waals surface area contributed by atoms with Crippen LogP contribution in [0.3, 0.4) is 0 Å². The van der Waals surface area contributed by atoms with Crippen molar-refractivity contribution in [1.82, 2.24) is 0 Å².